The van der Waals surface area contributed by atoms with E-state index in [0.717, 1.165) is 19.0 Å². The van der Waals surface area contributed by atoms with Gasteiger partial charge >= 0.3 is 0 Å². The maximum absolute atomic E-state index is 8.67. The van der Waals surface area contributed by atoms with Crippen molar-refractivity contribution in [2.45, 2.75) is 50.7 Å². The Morgan fingerprint density at radius 2 is 2.31 bits per heavy atom. The van der Waals surface area contributed by atoms with Crippen molar-refractivity contribution in [1.82, 2.24) is 10.2 Å². The maximum atomic E-state index is 8.67. The van der Waals surface area contributed by atoms with Crippen molar-refractivity contribution in [2.24, 2.45) is 10.9 Å². The summed E-state index contributed by atoms with van der Waals surface area (Å²) in [6.45, 7) is 4.35. The molecule has 1 aliphatic heterocycles. The summed E-state index contributed by atoms with van der Waals surface area (Å²) in [5, 5.41) is 15.2. The fraction of sp³-hybridized carbons (Fsp3) is 0.909. The van der Waals surface area contributed by atoms with Gasteiger partial charge in [-0.05, 0) is 25.7 Å². The molecule has 92 valence electrons. The molecular weight excluding hydrogens is 204 g/mol. The van der Waals surface area contributed by atoms with Gasteiger partial charge < -0.3 is 16.3 Å². The smallest absolute Gasteiger partial charge is 0.156 e. The quantitative estimate of drug-likeness (QED) is 0.273. The van der Waals surface area contributed by atoms with Crippen molar-refractivity contribution in [3.63, 3.8) is 0 Å². The number of oxime groups is 1. The van der Waals surface area contributed by atoms with Crippen molar-refractivity contribution < 1.29 is 5.21 Å². The van der Waals surface area contributed by atoms with E-state index < -0.39 is 0 Å². The zero-order valence-corrected chi connectivity index (χ0v) is 9.89. The third-order valence-corrected chi connectivity index (χ3v) is 3.60. The molecule has 1 heterocycles. The molecule has 0 spiro atoms. The van der Waals surface area contributed by atoms with Gasteiger partial charge in [0.2, 0.25) is 0 Å². The van der Waals surface area contributed by atoms with Crippen LogP contribution in [-0.4, -0.2) is 47.2 Å². The number of rotatable bonds is 5. The first kappa shape index (κ1) is 11.7. The van der Waals surface area contributed by atoms with Crippen LogP contribution in [0.3, 0.4) is 0 Å². The van der Waals surface area contributed by atoms with E-state index in [0.29, 0.717) is 11.9 Å². The molecule has 2 atom stereocenters. The van der Waals surface area contributed by atoms with E-state index in [4.69, 9.17) is 10.9 Å². The van der Waals surface area contributed by atoms with Gasteiger partial charge in [-0.3, -0.25) is 4.90 Å². The zero-order chi connectivity index (χ0) is 11.5. The Morgan fingerprint density at radius 1 is 1.56 bits per heavy atom. The lowest BCUT2D eigenvalue weighted by atomic mass is 10.1. The third kappa shape index (κ3) is 2.65. The number of hydrogen-bond donors (Lipinski definition) is 3. The Bertz CT molecular complexity index is 265. The molecule has 1 saturated heterocycles. The standard InChI is InChI=1S/C11H22N4O/c1-2-10(11(12)14-16)13-8-5-6-15(7-8)9-3-4-9/h8-10,13,16H,2-7H2,1H3,(H2,12,14). The van der Waals surface area contributed by atoms with Crippen LogP contribution < -0.4 is 11.1 Å². The molecule has 2 fully saturated rings. The molecule has 16 heavy (non-hydrogen) atoms. The van der Waals surface area contributed by atoms with Crippen molar-refractivity contribution in [2.75, 3.05) is 13.1 Å². The minimum absolute atomic E-state index is 0.00848. The fourth-order valence-corrected chi connectivity index (χ4v) is 2.46. The van der Waals surface area contributed by atoms with Gasteiger partial charge in [-0.1, -0.05) is 12.1 Å². The Hall–Kier alpha value is -0.810. The van der Waals surface area contributed by atoms with Gasteiger partial charge in [-0.2, -0.15) is 0 Å². The van der Waals surface area contributed by atoms with E-state index in [1.54, 1.807) is 0 Å². The normalized spacial score (nSPS) is 29.6. The summed E-state index contributed by atoms with van der Waals surface area (Å²) in [6, 6.07) is 1.34. The van der Waals surface area contributed by atoms with Gasteiger partial charge in [0, 0.05) is 25.2 Å². The van der Waals surface area contributed by atoms with Crippen LogP contribution in [-0.2, 0) is 0 Å². The van der Waals surface area contributed by atoms with Crippen LogP contribution in [0.15, 0.2) is 5.16 Å². The summed E-state index contributed by atoms with van der Waals surface area (Å²) < 4.78 is 0. The lowest BCUT2D eigenvalue weighted by molar-refractivity contribution is 0.307. The van der Waals surface area contributed by atoms with Gasteiger partial charge in [0.05, 0.1) is 6.04 Å². The van der Waals surface area contributed by atoms with Crippen molar-refractivity contribution in [3.8, 4) is 0 Å². The van der Waals surface area contributed by atoms with E-state index in [-0.39, 0.29) is 6.04 Å². The monoisotopic (exact) mass is 226 g/mol. The van der Waals surface area contributed by atoms with E-state index in [2.05, 4.69) is 15.4 Å². The summed E-state index contributed by atoms with van der Waals surface area (Å²) in [7, 11) is 0. The van der Waals surface area contributed by atoms with Crippen LogP contribution in [0.4, 0.5) is 0 Å². The molecule has 2 rings (SSSR count). The highest BCUT2D eigenvalue weighted by molar-refractivity contribution is 5.85. The van der Waals surface area contributed by atoms with Gasteiger partial charge in [-0.25, -0.2) is 0 Å². The van der Waals surface area contributed by atoms with Crippen LogP contribution in [0.2, 0.25) is 0 Å². The lowest BCUT2D eigenvalue weighted by Gasteiger charge is -2.21. The van der Waals surface area contributed by atoms with Crippen LogP contribution in [0, 0.1) is 0 Å². The Morgan fingerprint density at radius 3 is 2.88 bits per heavy atom. The molecule has 2 unspecified atom stereocenters. The number of nitrogens with two attached hydrogens (primary N) is 1. The molecule has 1 aliphatic carbocycles. The average Bonchev–Trinajstić information content (AvgIpc) is 3.05. The average molecular weight is 226 g/mol. The van der Waals surface area contributed by atoms with E-state index in [1.165, 1.54) is 25.8 Å². The molecule has 0 radical (unpaired) electrons. The van der Waals surface area contributed by atoms with Crippen LogP contribution >= 0.6 is 0 Å². The second kappa shape index (κ2) is 5.01. The van der Waals surface area contributed by atoms with Gasteiger partial charge in [0.1, 0.15) is 0 Å². The third-order valence-electron chi connectivity index (χ3n) is 3.60. The summed E-state index contributed by atoms with van der Waals surface area (Å²) in [5.41, 5.74) is 5.64. The summed E-state index contributed by atoms with van der Waals surface area (Å²) in [5.74, 6) is 0.298. The number of nitrogens with one attached hydrogen (secondary N) is 1. The second-order valence-corrected chi connectivity index (χ2v) is 4.86. The SMILES string of the molecule is CCC(NC1CCN(C2CC2)C1)C(N)=NO. The molecule has 0 amide bonds. The van der Waals surface area contributed by atoms with E-state index >= 15 is 0 Å². The van der Waals surface area contributed by atoms with Crippen molar-refractivity contribution in [1.29, 1.82) is 0 Å². The predicted octanol–water partition coefficient (Wildman–Crippen LogP) is 0.338. The fourth-order valence-electron chi connectivity index (χ4n) is 2.46. The zero-order valence-electron chi connectivity index (χ0n) is 9.89. The number of amidine groups is 1. The molecular formula is C11H22N4O. The largest absolute Gasteiger partial charge is 0.409 e. The Balaban J connectivity index is 1.80. The molecule has 5 nitrogen and oxygen atoms in total. The first-order valence-electron chi connectivity index (χ1n) is 6.22. The topological polar surface area (TPSA) is 73.9 Å². The number of likely N-dealkylation sites (tertiary alicyclic amines) is 1. The molecule has 4 N–H and O–H groups in total. The van der Waals surface area contributed by atoms with E-state index in [1.807, 2.05) is 6.92 Å². The highest BCUT2D eigenvalue weighted by Crippen LogP contribution is 2.29. The van der Waals surface area contributed by atoms with Crippen LogP contribution in [0.5, 0.6) is 0 Å². The minimum atomic E-state index is 0.00848. The first-order valence-corrected chi connectivity index (χ1v) is 6.22. The first-order chi connectivity index (χ1) is 7.74. The highest BCUT2D eigenvalue weighted by atomic mass is 16.4. The van der Waals surface area contributed by atoms with Gasteiger partial charge in [0.25, 0.3) is 0 Å². The summed E-state index contributed by atoms with van der Waals surface area (Å²) >= 11 is 0. The Kier molecular flexibility index (Phi) is 3.66. The minimum Gasteiger partial charge on any atom is -0.409 e. The maximum Gasteiger partial charge on any atom is 0.156 e. The molecule has 2 aliphatic rings. The van der Waals surface area contributed by atoms with Crippen LogP contribution in [0.25, 0.3) is 0 Å². The second-order valence-electron chi connectivity index (χ2n) is 4.86. The van der Waals surface area contributed by atoms with Gasteiger partial charge in [-0.15, -0.1) is 0 Å². The van der Waals surface area contributed by atoms with Crippen molar-refractivity contribution >= 4 is 5.84 Å². The Labute approximate surface area is 96.7 Å². The molecule has 5 heteroatoms. The van der Waals surface area contributed by atoms with Gasteiger partial charge in [0.15, 0.2) is 5.84 Å². The van der Waals surface area contributed by atoms with E-state index in [9.17, 15) is 0 Å². The molecule has 1 saturated carbocycles. The predicted molar refractivity (Wildman–Crippen MR) is 63.6 cm³/mol. The summed E-state index contributed by atoms with van der Waals surface area (Å²) in [6.07, 6.45) is 4.76. The van der Waals surface area contributed by atoms with Crippen molar-refractivity contribution in [3.05, 3.63) is 0 Å². The highest BCUT2D eigenvalue weighted by Gasteiger charge is 2.34. The number of hydrogen-bond acceptors (Lipinski definition) is 4. The van der Waals surface area contributed by atoms with Crippen LogP contribution in [0.1, 0.15) is 32.6 Å². The number of nitrogens with zero attached hydrogens (tertiary/aromatic N) is 2. The molecule has 0 aromatic carbocycles. The lowest BCUT2D eigenvalue weighted by Crippen LogP contribution is -2.47. The summed E-state index contributed by atoms with van der Waals surface area (Å²) in [4.78, 5) is 2.55. The molecule has 0 aromatic rings. The molecule has 0 bridgehead atoms. The molecule has 0 aromatic heterocycles.